The first-order chi connectivity index (χ1) is 21.4. The van der Waals surface area contributed by atoms with Gasteiger partial charge >= 0.3 is 0 Å². The molecule has 1 heterocycles. The fraction of sp³-hybridized carbons (Fsp3) is 0.235. The molecule has 0 saturated carbocycles. The number of carbonyl (C=O) groups is 1. The SMILES string of the molecule is COc1ccc(CNNC(=O)[C@@]2(Cc3ccc(Br)cc3)N=C(c3ccc(OCCCO)cc3)O[C@H]2c2ccc(Br)cc2)cc1. The lowest BCUT2D eigenvalue weighted by Crippen LogP contribution is -2.53. The van der Waals surface area contributed by atoms with Crippen LogP contribution in [0.25, 0.3) is 0 Å². The molecule has 1 aliphatic rings. The number of methoxy groups -OCH3 is 1. The Bertz CT molecular complexity index is 1560. The molecule has 228 valence electrons. The van der Waals surface area contributed by atoms with E-state index in [1.165, 1.54) is 0 Å². The van der Waals surface area contributed by atoms with Crippen LogP contribution in [0.2, 0.25) is 0 Å². The van der Waals surface area contributed by atoms with Gasteiger partial charge in [0.25, 0.3) is 5.91 Å². The van der Waals surface area contributed by atoms with Crippen LogP contribution in [0.3, 0.4) is 0 Å². The molecule has 0 saturated heterocycles. The molecule has 0 spiro atoms. The van der Waals surface area contributed by atoms with E-state index in [9.17, 15) is 4.79 Å². The third kappa shape index (κ3) is 7.68. The lowest BCUT2D eigenvalue weighted by atomic mass is 9.82. The van der Waals surface area contributed by atoms with Crippen molar-refractivity contribution in [2.75, 3.05) is 20.3 Å². The summed E-state index contributed by atoms with van der Waals surface area (Å²) in [6.07, 6.45) is 0.132. The molecule has 0 aromatic heterocycles. The highest BCUT2D eigenvalue weighted by molar-refractivity contribution is 9.10. The second-order valence-electron chi connectivity index (χ2n) is 10.3. The number of aliphatic imine (C=N–C) groups is 1. The number of benzene rings is 4. The van der Waals surface area contributed by atoms with Crippen LogP contribution in [0.15, 0.2) is 111 Å². The smallest absolute Gasteiger partial charge is 0.266 e. The summed E-state index contributed by atoms with van der Waals surface area (Å²) in [6, 6.07) is 30.6. The maximum absolute atomic E-state index is 14.3. The minimum absolute atomic E-state index is 0.0671. The van der Waals surface area contributed by atoms with Gasteiger partial charge in [0.15, 0.2) is 11.6 Å². The number of hydrazine groups is 1. The van der Waals surface area contributed by atoms with E-state index in [-0.39, 0.29) is 12.5 Å². The van der Waals surface area contributed by atoms with Crippen LogP contribution in [-0.2, 0) is 22.5 Å². The van der Waals surface area contributed by atoms with Crippen molar-refractivity contribution in [3.05, 3.63) is 128 Å². The van der Waals surface area contributed by atoms with Gasteiger partial charge in [-0.25, -0.2) is 10.4 Å². The molecule has 0 bridgehead atoms. The molecule has 3 N–H and O–H groups in total. The van der Waals surface area contributed by atoms with Crippen molar-refractivity contribution in [1.82, 2.24) is 10.9 Å². The number of hydrogen-bond acceptors (Lipinski definition) is 7. The second kappa shape index (κ2) is 14.9. The van der Waals surface area contributed by atoms with Crippen molar-refractivity contribution in [2.45, 2.75) is 31.0 Å². The van der Waals surface area contributed by atoms with E-state index in [2.05, 4.69) is 42.7 Å². The van der Waals surface area contributed by atoms with Gasteiger partial charge in [0.2, 0.25) is 5.90 Å². The van der Waals surface area contributed by atoms with E-state index in [0.717, 1.165) is 36.9 Å². The highest BCUT2D eigenvalue weighted by Gasteiger charge is 2.53. The Hall–Kier alpha value is -3.70. The molecule has 0 radical (unpaired) electrons. The normalized spacial score (nSPS) is 17.5. The number of rotatable bonds is 13. The fourth-order valence-corrected chi connectivity index (χ4v) is 5.44. The quantitative estimate of drug-likeness (QED) is 0.111. The molecule has 0 aliphatic carbocycles. The first kappa shape index (κ1) is 31.7. The van der Waals surface area contributed by atoms with Gasteiger partial charge in [-0.15, -0.1) is 0 Å². The maximum Gasteiger partial charge on any atom is 0.266 e. The Morgan fingerprint density at radius 2 is 1.50 bits per heavy atom. The average Bonchev–Trinajstić information content (AvgIpc) is 3.43. The van der Waals surface area contributed by atoms with E-state index >= 15 is 0 Å². The summed E-state index contributed by atoms with van der Waals surface area (Å²) in [4.78, 5) is 19.4. The number of aliphatic hydroxyl groups excluding tert-OH is 1. The van der Waals surface area contributed by atoms with Gasteiger partial charge in [0.05, 0.1) is 13.7 Å². The van der Waals surface area contributed by atoms with Crippen molar-refractivity contribution < 1.29 is 24.1 Å². The Morgan fingerprint density at radius 1 is 0.886 bits per heavy atom. The Morgan fingerprint density at radius 3 is 2.14 bits per heavy atom. The van der Waals surface area contributed by atoms with Crippen molar-refractivity contribution in [3.8, 4) is 11.5 Å². The number of carbonyl (C=O) groups excluding carboxylic acids is 1. The van der Waals surface area contributed by atoms with E-state index in [4.69, 9.17) is 24.3 Å². The minimum Gasteiger partial charge on any atom is -0.497 e. The number of ether oxygens (including phenoxy) is 3. The van der Waals surface area contributed by atoms with Gasteiger partial charge in [0.1, 0.15) is 11.5 Å². The summed E-state index contributed by atoms with van der Waals surface area (Å²) in [5.74, 6) is 1.48. The highest BCUT2D eigenvalue weighted by atomic mass is 79.9. The highest BCUT2D eigenvalue weighted by Crippen LogP contribution is 2.43. The molecular formula is C34H33Br2N3O5. The van der Waals surface area contributed by atoms with E-state index in [1.807, 2.05) is 97.1 Å². The second-order valence-corrected chi connectivity index (χ2v) is 12.1. The number of amides is 1. The van der Waals surface area contributed by atoms with E-state index < -0.39 is 11.6 Å². The van der Waals surface area contributed by atoms with Gasteiger partial charge in [-0.05, 0) is 77.4 Å². The monoisotopic (exact) mass is 721 g/mol. The molecular weight excluding hydrogens is 690 g/mol. The predicted molar refractivity (Wildman–Crippen MR) is 177 cm³/mol. The van der Waals surface area contributed by atoms with Crippen molar-refractivity contribution in [1.29, 1.82) is 0 Å². The third-order valence-electron chi connectivity index (χ3n) is 7.24. The van der Waals surface area contributed by atoms with Gasteiger partial charge in [-0.3, -0.25) is 10.2 Å². The zero-order valence-electron chi connectivity index (χ0n) is 24.1. The molecule has 1 aliphatic heterocycles. The maximum atomic E-state index is 14.3. The molecule has 0 fully saturated rings. The molecule has 0 unspecified atom stereocenters. The number of halogens is 2. The molecule has 5 rings (SSSR count). The Balaban J connectivity index is 1.49. The summed E-state index contributed by atoms with van der Waals surface area (Å²) < 4.78 is 19.4. The summed E-state index contributed by atoms with van der Waals surface area (Å²) in [5.41, 5.74) is 8.13. The first-order valence-electron chi connectivity index (χ1n) is 14.2. The summed E-state index contributed by atoms with van der Waals surface area (Å²) in [7, 11) is 1.63. The van der Waals surface area contributed by atoms with Gasteiger partial charge in [-0.1, -0.05) is 68.3 Å². The van der Waals surface area contributed by atoms with E-state index in [1.54, 1.807) is 7.11 Å². The van der Waals surface area contributed by atoms with Crippen LogP contribution < -0.4 is 20.3 Å². The molecule has 4 aromatic rings. The van der Waals surface area contributed by atoms with Crippen LogP contribution in [0.1, 0.15) is 34.8 Å². The topological polar surface area (TPSA) is 101 Å². The minimum atomic E-state index is -1.33. The zero-order valence-corrected chi connectivity index (χ0v) is 27.3. The van der Waals surface area contributed by atoms with Gasteiger partial charge < -0.3 is 19.3 Å². The zero-order chi connectivity index (χ0) is 30.9. The average molecular weight is 723 g/mol. The molecule has 8 nitrogen and oxygen atoms in total. The third-order valence-corrected chi connectivity index (χ3v) is 8.30. The first-order valence-corrected chi connectivity index (χ1v) is 15.8. The fourth-order valence-electron chi connectivity index (χ4n) is 4.91. The van der Waals surface area contributed by atoms with Gasteiger partial charge in [-0.2, -0.15) is 0 Å². The molecule has 4 aromatic carbocycles. The van der Waals surface area contributed by atoms with Crippen LogP contribution >= 0.6 is 31.9 Å². The van der Waals surface area contributed by atoms with Crippen molar-refractivity contribution in [3.63, 3.8) is 0 Å². The number of hydrogen-bond donors (Lipinski definition) is 3. The van der Waals surface area contributed by atoms with Crippen LogP contribution in [0.4, 0.5) is 0 Å². The largest absolute Gasteiger partial charge is 0.497 e. The lowest BCUT2D eigenvalue weighted by Gasteiger charge is -2.31. The standard InChI is InChI=1S/C34H33Br2N3O5/c1-42-29-15-5-24(6-16-29)22-37-39-33(41)34(21-23-3-11-27(35)12-4-23)31(25-7-13-28(36)14-8-25)44-32(38-34)26-9-17-30(18-10-26)43-20-2-19-40/h3-18,31,37,40H,2,19-22H2,1H3,(H,39,41)/t31-,34-/m0/s1. The predicted octanol–water partition coefficient (Wildman–Crippen LogP) is 6.30. The van der Waals surface area contributed by atoms with Gasteiger partial charge in [0, 0.05) is 40.5 Å². The number of nitrogens with zero attached hydrogens (tertiary/aromatic N) is 1. The van der Waals surface area contributed by atoms with Crippen LogP contribution in [-0.4, -0.2) is 42.8 Å². The van der Waals surface area contributed by atoms with Crippen LogP contribution in [0.5, 0.6) is 11.5 Å². The summed E-state index contributed by atoms with van der Waals surface area (Å²) in [5, 5.41) is 9.05. The number of nitrogens with one attached hydrogen (secondary N) is 2. The van der Waals surface area contributed by atoms with Crippen molar-refractivity contribution in [2.24, 2.45) is 4.99 Å². The van der Waals surface area contributed by atoms with Crippen molar-refractivity contribution >= 4 is 43.7 Å². The van der Waals surface area contributed by atoms with Crippen LogP contribution in [0, 0.1) is 0 Å². The molecule has 1 amide bonds. The molecule has 2 atom stereocenters. The Labute approximate surface area is 273 Å². The summed E-state index contributed by atoms with van der Waals surface area (Å²) in [6.45, 7) is 0.888. The van der Waals surface area contributed by atoms with E-state index in [0.29, 0.717) is 37.6 Å². The summed E-state index contributed by atoms with van der Waals surface area (Å²) >= 11 is 7.03. The Kier molecular flexibility index (Phi) is 10.7. The number of aliphatic hydroxyl groups is 1. The molecule has 44 heavy (non-hydrogen) atoms. The lowest BCUT2D eigenvalue weighted by molar-refractivity contribution is -0.130. The molecule has 10 heteroatoms.